The highest BCUT2D eigenvalue weighted by Gasteiger charge is 2.35. The van der Waals surface area contributed by atoms with Gasteiger partial charge in [-0.1, -0.05) is 5.92 Å². The second kappa shape index (κ2) is 6.54. The number of hydrogen-bond donors (Lipinski definition) is 2. The summed E-state index contributed by atoms with van der Waals surface area (Å²) in [5.41, 5.74) is 1.25. The molecule has 140 valence electrons. The number of hydrogen-bond acceptors (Lipinski definition) is 2. The third kappa shape index (κ3) is 3.19. The largest absolute Gasteiger partial charge is 0.343 e. The fraction of sp³-hybridized carbons (Fsp3) is 0.300. The lowest BCUT2D eigenvalue weighted by Gasteiger charge is -2.22. The zero-order chi connectivity index (χ0) is 19.9. The van der Waals surface area contributed by atoms with E-state index in [1.807, 2.05) is 0 Å². The van der Waals surface area contributed by atoms with Crippen LogP contribution in [0.25, 0.3) is 0 Å². The minimum absolute atomic E-state index is 0.123. The van der Waals surface area contributed by atoms with Gasteiger partial charge in [-0.15, -0.1) is 6.42 Å². The molecule has 1 aliphatic rings. The minimum atomic E-state index is -1.06. The summed E-state index contributed by atoms with van der Waals surface area (Å²) in [6.45, 7) is 3.50. The average molecular weight is 371 g/mol. The summed E-state index contributed by atoms with van der Waals surface area (Å²) in [7, 11) is 1.68. The van der Waals surface area contributed by atoms with E-state index in [4.69, 9.17) is 6.42 Å². The van der Waals surface area contributed by atoms with Gasteiger partial charge in [0.25, 0.3) is 11.8 Å². The van der Waals surface area contributed by atoms with E-state index in [-0.39, 0.29) is 11.6 Å². The van der Waals surface area contributed by atoms with E-state index < -0.39 is 23.1 Å². The minimum Gasteiger partial charge on any atom is -0.343 e. The second-order valence-electron chi connectivity index (χ2n) is 6.86. The van der Waals surface area contributed by atoms with Crippen LogP contribution in [0.5, 0.6) is 0 Å². The first-order valence-electron chi connectivity index (χ1n) is 8.41. The first-order chi connectivity index (χ1) is 12.7. The van der Waals surface area contributed by atoms with Gasteiger partial charge in [-0.25, -0.2) is 8.78 Å². The van der Waals surface area contributed by atoms with Crippen LogP contribution in [0.15, 0.2) is 18.2 Å². The fourth-order valence-corrected chi connectivity index (χ4v) is 3.33. The van der Waals surface area contributed by atoms with E-state index in [9.17, 15) is 18.4 Å². The van der Waals surface area contributed by atoms with Crippen LogP contribution in [-0.4, -0.2) is 21.9 Å². The average Bonchev–Trinajstić information content (AvgIpc) is 2.78. The van der Waals surface area contributed by atoms with Crippen molar-refractivity contribution in [3.63, 3.8) is 0 Å². The first kappa shape index (κ1) is 18.6. The van der Waals surface area contributed by atoms with Gasteiger partial charge in [-0.3, -0.25) is 9.59 Å². The molecule has 0 saturated carbocycles. The van der Waals surface area contributed by atoms with E-state index in [2.05, 4.69) is 16.6 Å². The van der Waals surface area contributed by atoms with Crippen molar-refractivity contribution in [1.29, 1.82) is 0 Å². The van der Waals surface area contributed by atoms with Crippen LogP contribution in [0.4, 0.5) is 14.5 Å². The van der Waals surface area contributed by atoms with Crippen molar-refractivity contribution >= 4 is 17.5 Å². The predicted molar refractivity (Wildman–Crippen MR) is 97.5 cm³/mol. The Kier molecular flexibility index (Phi) is 4.52. The summed E-state index contributed by atoms with van der Waals surface area (Å²) in [4.78, 5) is 25.5. The highest BCUT2D eigenvalue weighted by molar-refractivity contribution is 6.08. The van der Waals surface area contributed by atoms with Crippen LogP contribution in [0.2, 0.25) is 0 Å². The number of carbonyl (C=O) groups is 2. The Labute approximate surface area is 155 Å². The fourth-order valence-electron chi connectivity index (χ4n) is 3.33. The van der Waals surface area contributed by atoms with Gasteiger partial charge in [0.05, 0.1) is 11.1 Å². The Morgan fingerprint density at radius 1 is 1.37 bits per heavy atom. The number of benzene rings is 1. The summed E-state index contributed by atoms with van der Waals surface area (Å²) in [6.07, 6.45) is 6.45. The molecule has 1 aromatic carbocycles. The van der Waals surface area contributed by atoms with Crippen molar-refractivity contribution in [3.05, 3.63) is 52.3 Å². The lowest BCUT2D eigenvalue weighted by atomic mass is 9.95. The summed E-state index contributed by atoms with van der Waals surface area (Å²) in [6, 6.07) is 3.12. The molecule has 3 rings (SSSR count). The molecule has 7 heteroatoms. The van der Waals surface area contributed by atoms with Crippen LogP contribution in [0.3, 0.4) is 0 Å². The number of terminal acetylenes is 1. The molecule has 0 radical (unpaired) electrons. The van der Waals surface area contributed by atoms with Crippen LogP contribution in [-0.2, 0) is 13.5 Å². The molecule has 0 aliphatic carbocycles. The number of nitrogens with one attached hydrogen (secondary N) is 2. The third-order valence-corrected chi connectivity index (χ3v) is 4.99. The molecule has 1 aliphatic heterocycles. The van der Waals surface area contributed by atoms with Gasteiger partial charge in [-0.05, 0) is 44.4 Å². The highest BCUT2D eigenvalue weighted by Crippen LogP contribution is 2.29. The lowest BCUT2D eigenvalue weighted by molar-refractivity contribution is 0.0926. The van der Waals surface area contributed by atoms with Gasteiger partial charge in [0.15, 0.2) is 11.6 Å². The third-order valence-electron chi connectivity index (χ3n) is 4.99. The number of halogens is 2. The Morgan fingerprint density at radius 2 is 2.07 bits per heavy atom. The van der Waals surface area contributed by atoms with E-state index >= 15 is 0 Å². The van der Waals surface area contributed by atoms with Crippen molar-refractivity contribution in [2.75, 3.05) is 5.32 Å². The molecule has 2 heterocycles. The van der Waals surface area contributed by atoms with Crippen LogP contribution in [0.1, 0.15) is 45.4 Å². The molecule has 5 nitrogen and oxygen atoms in total. The summed E-state index contributed by atoms with van der Waals surface area (Å²) in [5.74, 6) is -0.302. The smallest absolute Gasteiger partial charge is 0.272 e. The molecular weight excluding hydrogens is 352 g/mol. The maximum absolute atomic E-state index is 13.4. The number of fused-ring (bicyclic) bond motifs is 1. The Balaban J connectivity index is 2.01. The lowest BCUT2D eigenvalue weighted by Crippen LogP contribution is -2.43. The summed E-state index contributed by atoms with van der Waals surface area (Å²) >= 11 is 0. The predicted octanol–water partition coefficient (Wildman–Crippen LogP) is 2.93. The van der Waals surface area contributed by atoms with Gasteiger partial charge >= 0.3 is 0 Å². The number of carbonyl (C=O) groups excluding carboxylic acids is 2. The molecule has 1 atom stereocenters. The zero-order valence-electron chi connectivity index (χ0n) is 15.2. The molecule has 0 spiro atoms. The Morgan fingerprint density at radius 3 is 2.70 bits per heavy atom. The van der Waals surface area contributed by atoms with Crippen LogP contribution < -0.4 is 10.6 Å². The summed E-state index contributed by atoms with van der Waals surface area (Å²) < 4.78 is 28.1. The monoisotopic (exact) mass is 371 g/mol. The second-order valence-corrected chi connectivity index (χ2v) is 6.86. The molecule has 0 saturated heterocycles. The molecule has 2 amide bonds. The zero-order valence-corrected chi connectivity index (χ0v) is 15.2. The van der Waals surface area contributed by atoms with Gasteiger partial charge in [-0.2, -0.15) is 0 Å². The van der Waals surface area contributed by atoms with E-state index in [0.29, 0.717) is 35.4 Å². The summed E-state index contributed by atoms with van der Waals surface area (Å²) in [5, 5.41) is 5.40. The number of aromatic nitrogens is 1. The Bertz CT molecular complexity index is 1000. The Hall–Kier alpha value is -3.14. The van der Waals surface area contributed by atoms with E-state index in [1.54, 1.807) is 25.5 Å². The molecule has 2 aromatic rings. The van der Waals surface area contributed by atoms with Crippen molar-refractivity contribution in [2.24, 2.45) is 7.05 Å². The molecule has 1 unspecified atom stereocenters. The number of anilines is 1. The van der Waals surface area contributed by atoms with Crippen molar-refractivity contribution < 1.29 is 18.4 Å². The molecular formula is C20H19F2N3O2. The van der Waals surface area contributed by atoms with Crippen molar-refractivity contribution in [2.45, 2.75) is 32.2 Å². The molecule has 1 aromatic heterocycles. The SMILES string of the molecule is C#CC1(C)CCc2c(c(C)n(C)c2C(=O)Nc2ccc(F)c(F)c2)C(=O)N1. The number of nitrogens with zero attached hydrogens (tertiary/aromatic N) is 1. The molecule has 27 heavy (non-hydrogen) atoms. The maximum Gasteiger partial charge on any atom is 0.272 e. The quantitative estimate of drug-likeness (QED) is 0.798. The van der Waals surface area contributed by atoms with Crippen molar-refractivity contribution in [1.82, 2.24) is 9.88 Å². The van der Waals surface area contributed by atoms with E-state index in [1.165, 1.54) is 6.07 Å². The van der Waals surface area contributed by atoms with Crippen LogP contribution in [0, 0.1) is 30.9 Å². The maximum atomic E-state index is 13.4. The molecule has 2 N–H and O–H groups in total. The standard InChI is InChI=1S/C20H19F2N3O2/c1-5-20(3)9-8-13-16(18(26)24-20)11(2)25(4)17(13)19(27)23-12-6-7-14(21)15(22)10-12/h1,6-7,10H,8-9H2,2-4H3,(H,23,27)(H,24,26). The van der Waals surface area contributed by atoms with E-state index in [0.717, 1.165) is 12.1 Å². The molecule has 0 bridgehead atoms. The van der Waals surface area contributed by atoms with Gasteiger partial charge in [0.1, 0.15) is 5.69 Å². The normalized spacial score (nSPS) is 18.9. The first-order valence-corrected chi connectivity index (χ1v) is 8.41. The van der Waals surface area contributed by atoms with Gasteiger partial charge < -0.3 is 15.2 Å². The van der Waals surface area contributed by atoms with Gasteiger partial charge in [0, 0.05) is 24.5 Å². The van der Waals surface area contributed by atoms with Crippen molar-refractivity contribution in [3.8, 4) is 12.3 Å². The van der Waals surface area contributed by atoms with Crippen LogP contribution >= 0.6 is 0 Å². The molecule has 0 fully saturated rings. The highest BCUT2D eigenvalue weighted by atomic mass is 19.2. The number of rotatable bonds is 2. The topological polar surface area (TPSA) is 63.1 Å². The number of amides is 2. The van der Waals surface area contributed by atoms with Gasteiger partial charge in [0.2, 0.25) is 0 Å².